The number of nitrogens with one attached hydrogen (secondary N) is 2. The molecule has 7 rings (SSSR count). The summed E-state index contributed by atoms with van der Waals surface area (Å²) in [4.78, 5) is 53.8. The minimum absolute atomic E-state index is 0.0167. The van der Waals surface area contributed by atoms with Gasteiger partial charge in [-0.3, -0.25) is 9.59 Å². The Balaban J connectivity index is 0.000000204. The van der Waals surface area contributed by atoms with Gasteiger partial charge in [-0.1, -0.05) is 46.4 Å². The van der Waals surface area contributed by atoms with E-state index in [1.807, 2.05) is 25.7 Å². The van der Waals surface area contributed by atoms with Gasteiger partial charge in [0, 0.05) is 70.7 Å². The van der Waals surface area contributed by atoms with E-state index in [0.29, 0.717) is 110 Å². The quantitative estimate of drug-likeness (QED) is 0.226. The number of likely N-dealkylation sites (tertiary alicyclic amines) is 2. The van der Waals surface area contributed by atoms with Gasteiger partial charge in [-0.2, -0.15) is 4.39 Å². The molecule has 20 heteroatoms. The summed E-state index contributed by atoms with van der Waals surface area (Å²) in [6.07, 6.45) is 3.92. The maximum absolute atomic E-state index is 14.5. The molecule has 4 fully saturated rings. The molecule has 2 aromatic carbocycles. The Morgan fingerprint density at radius 1 is 0.770 bits per heavy atom. The van der Waals surface area contributed by atoms with E-state index in [1.165, 1.54) is 6.33 Å². The summed E-state index contributed by atoms with van der Waals surface area (Å²) in [6, 6.07) is 8.99. The van der Waals surface area contributed by atoms with E-state index in [0.717, 1.165) is 12.8 Å². The number of aromatic nitrogens is 2. The number of hydrogen-bond donors (Lipinski definition) is 3. The number of amides is 3. The van der Waals surface area contributed by atoms with Crippen molar-refractivity contribution < 1.29 is 33.0 Å². The molecule has 1 aromatic heterocycles. The molecular weight excluding hydrogens is 875 g/mol. The van der Waals surface area contributed by atoms with Gasteiger partial charge in [-0.15, -0.1) is 0 Å². The number of halogens is 5. The molecule has 332 valence electrons. The topological polar surface area (TPSA) is 168 Å². The van der Waals surface area contributed by atoms with Crippen LogP contribution >= 0.6 is 46.4 Å². The van der Waals surface area contributed by atoms with Crippen LogP contribution in [0.2, 0.25) is 20.1 Å². The second kappa shape index (κ2) is 20.9. The van der Waals surface area contributed by atoms with E-state index >= 15 is 0 Å². The first-order valence-corrected chi connectivity index (χ1v) is 21.8. The number of anilines is 4. The van der Waals surface area contributed by atoms with E-state index in [4.69, 9.17) is 66.3 Å². The summed E-state index contributed by atoms with van der Waals surface area (Å²) in [6.45, 7) is 9.95. The second-order valence-corrected chi connectivity index (χ2v) is 18.0. The number of carbonyl (C=O) groups excluding carboxylic acids is 3. The standard InChI is InChI=1S/C21H29Cl2N3O4.C20H23Cl2FN6O2/c1-21(2,3)30-20(28)25-7-8-29-13-17(12-25)26-6-4-5-18(19(26)27)24-16-10-14(22)9-15(23)11-16;21-12-6-13(22)8-14(7-12)27-16-2-1-3-29(20(16)30)15-9-28(4-5-31-10-15)19-17(23)18(24)25-11-26-19/h9-11,17-18,24H,4-8,12-13H2,1-3H3;6-8,11,15-16,27H,1-5,9-10H2,(H2,24,25,26). The first-order chi connectivity index (χ1) is 29.0. The highest BCUT2D eigenvalue weighted by Crippen LogP contribution is 2.29. The van der Waals surface area contributed by atoms with Crippen molar-refractivity contribution in [3.63, 3.8) is 0 Å². The number of ether oxygens (including phenoxy) is 3. The summed E-state index contributed by atoms with van der Waals surface area (Å²) in [7, 11) is 0. The maximum atomic E-state index is 14.5. The Morgan fingerprint density at radius 3 is 1.77 bits per heavy atom. The van der Waals surface area contributed by atoms with Crippen molar-refractivity contribution in [1.29, 1.82) is 0 Å². The fourth-order valence-corrected chi connectivity index (χ4v) is 8.76. The first-order valence-electron chi connectivity index (χ1n) is 20.2. The Kier molecular flexibility index (Phi) is 15.9. The highest BCUT2D eigenvalue weighted by molar-refractivity contribution is 6.35. The van der Waals surface area contributed by atoms with E-state index < -0.39 is 17.5 Å². The van der Waals surface area contributed by atoms with Crippen molar-refractivity contribution in [3.05, 3.63) is 68.6 Å². The molecule has 4 saturated heterocycles. The van der Waals surface area contributed by atoms with Crippen LogP contribution in [0.15, 0.2) is 42.7 Å². The number of nitrogens with two attached hydrogens (primary N) is 1. The van der Waals surface area contributed by atoms with Crippen molar-refractivity contribution in [2.24, 2.45) is 0 Å². The van der Waals surface area contributed by atoms with E-state index in [9.17, 15) is 18.8 Å². The number of carbonyl (C=O) groups is 3. The maximum Gasteiger partial charge on any atom is 0.410 e. The van der Waals surface area contributed by atoms with Crippen molar-refractivity contribution >= 4 is 87.3 Å². The number of rotatable bonds is 7. The monoisotopic (exact) mass is 925 g/mol. The van der Waals surface area contributed by atoms with Gasteiger partial charge in [0.25, 0.3) is 0 Å². The smallest absolute Gasteiger partial charge is 0.410 e. The molecule has 0 radical (unpaired) electrons. The molecule has 61 heavy (non-hydrogen) atoms. The molecule has 4 atom stereocenters. The van der Waals surface area contributed by atoms with Gasteiger partial charge in [-0.25, -0.2) is 14.8 Å². The highest BCUT2D eigenvalue weighted by Gasteiger charge is 2.38. The molecule has 4 aliphatic rings. The molecule has 0 spiro atoms. The zero-order chi connectivity index (χ0) is 43.8. The number of piperidine rings is 2. The average Bonchev–Trinajstić information content (AvgIpc) is 3.59. The third-order valence-corrected chi connectivity index (χ3v) is 11.4. The zero-order valence-electron chi connectivity index (χ0n) is 34.4. The fraction of sp³-hybridized carbons (Fsp3) is 0.537. The first kappa shape index (κ1) is 46.4. The predicted octanol–water partition coefficient (Wildman–Crippen LogP) is 6.85. The number of hydrogen-bond acceptors (Lipinski definition) is 12. The molecule has 4 aliphatic heterocycles. The van der Waals surface area contributed by atoms with Crippen LogP contribution < -0.4 is 21.3 Å². The molecule has 15 nitrogen and oxygen atoms in total. The van der Waals surface area contributed by atoms with Crippen LogP contribution in [-0.4, -0.2) is 138 Å². The predicted molar refractivity (Wildman–Crippen MR) is 235 cm³/mol. The Bertz CT molecular complexity index is 1990. The lowest BCUT2D eigenvalue weighted by molar-refractivity contribution is -0.138. The van der Waals surface area contributed by atoms with Crippen molar-refractivity contribution in [3.8, 4) is 0 Å². The summed E-state index contributed by atoms with van der Waals surface area (Å²) >= 11 is 24.3. The van der Waals surface area contributed by atoms with Crippen LogP contribution in [0.5, 0.6) is 0 Å². The van der Waals surface area contributed by atoms with Gasteiger partial charge >= 0.3 is 6.09 Å². The van der Waals surface area contributed by atoms with Gasteiger partial charge in [0.15, 0.2) is 11.6 Å². The third-order valence-electron chi connectivity index (χ3n) is 10.5. The third kappa shape index (κ3) is 12.8. The lowest BCUT2D eigenvalue weighted by Crippen LogP contribution is -2.56. The number of benzene rings is 2. The van der Waals surface area contributed by atoms with Crippen LogP contribution in [-0.2, 0) is 23.8 Å². The number of nitrogens with zero attached hydrogens (tertiary/aromatic N) is 6. The molecule has 4 unspecified atom stereocenters. The molecule has 4 N–H and O–H groups in total. The summed E-state index contributed by atoms with van der Waals surface area (Å²) in [5.41, 5.74) is 6.43. The highest BCUT2D eigenvalue weighted by atomic mass is 35.5. The Hall–Kier alpha value is -4.06. The molecule has 0 bridgehead atoms. The molecule has 5 heterocycles. The molecule has 0 saturated carbocycles. The summed E-state index contributed by atoms with van der Waals surface area (Å²) in [5, 5.41) is 8.51. The van der Waals surface area contributed by atoms with Crippen molar-refractivity contribution in [2.45, 2.75) is 76.2 Å². The number of nitrogen functional groups attached to an aromatic ring is 1. The second-order valence-electron chi connectivity index (χ2n) is 16.3. The van der Waals surface area contributed by atoms with E-state index in [-0.39, 0.29) is 47.7 Å². The van der Waals surface area contributed by atoms with Crippen LogP contribution in [0.1, 0.15) is 46.5 Å². The fourth-order valence-electron chi connectivity index (χ4n) is 7.71. The lowest BCUT2D eigenvalue weighted by Gasteiger charge is -2.39. The SMILES string of the molecule is CC(C)(C)OC(=O)N1CCOCC(N2CCCC(Nc3cc(Cl)cc(Cl)c3)C2=O)C1.Nc1ncnc(N2CCOCC(N3CCCC(Nc4cc(Cl)cc(Cl)c4)C3=O)C2)c1F. The summed E-state index contributed by atoms with van der Waals surface area (Å²) < 4.78 is 31.4. The van der Waals surface area contributed by atoms with Gasteiger partial charge in [-0.05, 0) is 82.9 Å². The largest absolute Gasteiger partial charge is 0.444 e. The van der Waals surface area contributed by atoms with Crippen LogP contribution in [0.4, 0.5) is 32.2 Å². The van der Waals surface area contributed by atoms with Crippen molar-refractivity contribution in [2.75, 3.05) is 87.0 Å². The summed E-state index contributed by atoms with van der Waals surface area (Å²) in [5.74, 6) is -0.802. The van der Waals surface area contributed by atoms with E-state index in [1.54, 1.807) is 51.1 Å². The lowest BCUT2D eigenvalue weighted by atomic mass is 10.0. The van der Waals surface area contributed by atoms with E-state index in [2.05, 4.69) is 20.6 Å². The molecule has 0 aliphatic carbocycles. The molecule has 3 aromatic rings. The minimum Gasteiger partial charge on any atom is -0.444 e. The Labute approximate surface area is 375 Å². The Morgan fingerprint density at radius 2 is 1.26 bits per heavy atom. The van der Waals surface area contributed by atoms with Gasteiger partial charge < -0.3 is 50.2 Å². The van der Waals surface area contributed by atoms with Crippen LogP contribution in [0, 0.1) is 5.82 Å². The zero-order valence-corrected chi connectivity index (χ0v) is 37.4. The van der Waals surface area contributed by atoms with Gasteiger partial charge in [0.1, 0.15) is 24.0 Å². The molecular formula is C41H52Cl4FN9O6. The van der Waals surface area contributed by atoms with Gasteiger partial charge in [0.2, 0.25) is 17.6 Å². The normalized spacial score (nSPS) is 22.8. The van der Waals surface area contributed by atoms with Gasteiger partial charge in [0.05, 0.1) is 38.5 Å². The average molecular weight is 928 g/mol. The minimum atomic E-state index is -0.662. The molecule has 3 amide bonds. The van der Waals surface area contributed by atoms with Crippen LogP contribution in [0.25, 0.3) is 0 Å². The van der Waals surface area contributed by atoms with Crippen LogP contribution in [0.3, 0.4) is 0 Å². The van der Waals surface area contributed by atoms with Crippen molar-refractivity contribution in [1.82, 2.24) is 24.7 Å².